The number of nitrogens with two attached hydrogens (primary N) is 1. The minimum Gasteiger partial charge on any atom is -0.496 e. The summed E-state index contributed by atoms with van der Waals surface area (Å²) in [6.45, 7) is 0.567. The van der Waals surface area contributed by atoms with Gasteiger partial charge in [-0.05, 0) is 30.5 Å². The van der Waals surface area contributed by atoms with Gasteiger partial charge >= 0.3 is 0 Å². The number of hydrogen-bond acceptors (Lipinski definition) is 4. The topological polar surface area (TPSA) is 77.1 Å². The van der Waals surface area contributed by atoms with E-state index < -0.39 is 0 Å². The van der Waals surface area contributed by atoms with E-state index in [9.17, 15) is 0 Å². The van der Waals surface area contributed by atoms with Crippen LogP contribution in [-0.4, -0.2) is 24.3 Å². The molecule has 5 heteroatoms. The van der Waals surface area contributed by atoms with E-state index in [1.54, 1.807) is 13.2 Å². The van der Waals surface area contributed by atoms with Crippen molar-refractivity contribution in [2.24, 2.45) is 10.9 Å². The van der Waals surface area contributed by atoms with Crippen LogP contribution in [0.3, 0.4) is 0 Å². The minimum absolute atomic E-state index is 0.0431. The lowest BCUT2D eigenvalue weighted by molar-refractivity contribution is 0.0168. The van der Waals surface area contributed by atoms with Gasteiger partial charge in [0, 0.05) is 0 Å². The summed E-state index contributed by atoms with van der Waals surface area (Å²) in [6.07, 6.45) is 6.52. The molecule has 1 aromatic carbocycles. The maximum atomic E-state index is 8.73. The number of hydrogen-bond donors (Lipinski definition) is 2. The highest BCUT2D eigenvalue weighted by Gasteiger charge is 2.14. The number of nitrogens with zero attached hydrogens (tertiary/aromatic N) is 1. The van der Waals surface area contributed by atoms with E-state index in [0.717, 1.165) is 18.4 Å². The van der Waals surface area contributed by atoms with Gasteiger partial charge in [0.2, 0.25) is 0 Å². The molecule has 0 radical (unpaired) electrons. The van der Waals surface area contributed by atoms with E-state index in [1.165, 1.54) is 19.3 Å². The second-order valence-corrected chi connectivity index (χ2v) is 5.09. The van der Waals surface area contributed by atoms with Crippen molar-refractivity contribution in [3.05, 3.63) is 29.3 Å². The van der Waals surface area contributed by atoms with Gasteiger partial charge in [-0.25, -0.2) is 0 Å². The summed E-state index contributed by atoms with van der Waals surface area (Å²) >= 11 is 0. The monoisotopic (exact) mass is 278 g/mol. The number of amidine groups is 1. The molecule has 0 spiro atoms. The summed E-state index contributed by atoms with van der Waals surface area (Å²) in [4.78, 5) is 0. The molecule has 3 N–H and O–H groups in total. The molecule has 1 aliphatic rings. The Balaban J connectivity index is 2.01. The lowest BCUT2D eigenvalue weighted by Gasteiger charge is -2.22. The lowest BCUT2D eigenvalue weighted by atomic mass is 9.98. The third-order valence-corrected chi connectivity index (χ3v) is 3.69. The molecule has 0 amide bonds. The molecule has 0 aromatic heterocycles. The van der Waals surface area contributed by atoms with E-state index >= 15 is 0 Å². The minimum atomic E-state index is 0.0431. The summed E-state index contributed by atoms with van der Waals surface area (Å²) in [6, 6.07) is 5.57. The Labute approximate surface area is 119 Å². The zero-order valence-electron chi connectivity index (χ0n) is 11.8. The molecule has 1 saturated carbocycles. The molecule has 5 nitrogen and oxygen atoms in total. The van der Waals surface area contributed by atoms with Crippen LogP contribution in [0.15, 0.2) is 23.4 Å². The number of methoxy groups -OCH3 is 1. The van der Waals surface area contributed by atoms with Gasteiger partial charge in [-0.1, -0.05) is 30.5 Å². The van der Waals surface area contributed by atoms with Crippen LogP contribution in [0.4, 0.5) is 0 Å². The maximum absolute atomic E-state index is 8.73. The van der Waals surface area contributed by atoms with Gasteiger partial charge in [0.1, 0.15) is 5.75 Å². The van der Waals surface area contributed by atoms with Crippen molar-refractivity contribution in [1.29, 1.82) is 0 Å². The van der Waals surface area contributed by atoms with Crippen molar-refractivity contribution in [2.75, 3.05) is 7.11 Å². The predicted octanol–water partition coefficient (Wildman–Crippen LogP) is 2.64. The maximum Gasteiger partial charge on any atom is 0.173 e. The highest BCUT2D eigenvalue weighted by atomic mass is 16.5. The molecule has 110 valence electrons. The first kappa shape index (κ1) is 14.7. The van der Waals surface area contributed by atoms with Crippen molar-refractivity contribution in [3.63, 3.8) is 0 Å². The Morgan fingerprint density at radius 3 is 2.75 bits per heavy atom. The van der Waals surface area contributed by atoms with E-state index in [4.69, 9.17) is 20.4 Å². The lowest BCUT2D eigenvalue weighted by Crippen LogP contribution is -2.17. The Bertz CT molecular complexity index is 468. The molecule has 0 aliphatic heterocycles. The molecule has 0 atom stereocenters. The SMILES string of the molecule is COc1cc(COC2CCCCC2)ccc1/C(N)=N/O. The predicted molar refractivity (Wildman–Crippen MR) is 77.2 cm³/mol. The first-order valence-corrected chi connectivity index (χ1v) is 7.01. The van der Waals surface area contributed by atoms with E-state index in [-0.39, 0.29) is 5.84 Å². The fourth-order valence-corrected chi connectivity index (χ4v) is 2.54. The smallest absolute Gasteiger partial charge is 0.173 e. The first-order chi connectivity index (χ1) is 9.74. The number of rotatable bonds is 5. The molecule has 20 heavy (non-hydrogen) atoms. The number of oxime groups is 1. The van der Waals surface area contributed by atoms with Crippen LogP contribution in [0.5, 0.6) is 5.75 Å². The van der Waals surface area contributed by atoms with Gasteiger partial charge in [0.05, 0.1) is 25.4 Å². The third-order valence-electron chi connectivity index (χ3n) is 3.69. The largest absolute Gasteiger partial charge is 0.496 e. The summed E-state index contributed by atoms with van der Waals surface area (Å²) < 4.78 is 11.2. The van der Waals surface area contributed by atoms with Crippen LogP contribution in [0.2, 0.25) is 0 Å². The Kier molecular flexibility index (Phi) is 5.24. The molecular weight excluding hydrogens is 256 g/mol. The zero-order valence-corrected chi connectivity index (χ0v) is 11.8. The van der Waals surface area contributed by atoms with Gasteiger partial charge in [-0.3, -0.25) is 0 Å². The van der Waals surface area contributed by atoms with Crippen LogP contribution in [0.25, 0.3) is 0 Å². The molecule has 1 fully saturated rings. The molecule has 1 aromatic rings. The Morgan fingerprint density at radius 1 is 1.35 bits per heavy atom. The highest BCUT2D eigenvalue weighted by Crippen LogP contribution is 2.24. The van der Waals surface area contributed by atoms with Crippen molar-refractivity contribution < 1.29 is 14.7 Å². The van der Waals surface area contributed by atoms with Gasteiger partial charge in [-0.2, -0.15) is 0 Å². The van der Waals surface area contributed by atoms with Crippen LogP contribution in [-0.2, 0) is 11.3 Å². The van der Waals surface area contributed by atoms with E-state index in [0.29, 0.717) is 24.0 Å². The van der Waals surface area contributed by atoms with Gasteiger partial charge in [-0.15, -0.1) is 0 Å². The Hall–Kier alpha value is -1.75. The standard InChI is InChI=1S/C15H22N2O3/c1-19-14-9-11(7-8-13(14)15(16)17-18)10-20-12-5-3-2-4-6-12/h7-9,12,18H,2-6,10H2,1H3,(H2,16,17). The fourth-order valence-electron chi connectivity index (χ4n) is 2.54. The average molecular weight is 278 g/mol. The van der Waals surface area contributed by atoms with E-state index in [1.807, 2.05) is 12.1 Å². The third kappa shape index (κ3) is 3.63. The fraction of sp³-hybridized carbons (Fsp3) is 0.533. The molecule has 0 saturated heterocycles. The van der Waals surface area contributed by atoms with Crippen molar-refractivity contribution in [1.82, 2.24) is 0 Å². The second kappa shape index (κ2) is 7.14. The van der Waals surface area contributed by atoms with Gasteiger partial charge in [0.25, 0.3) is 0 Å². The highest BCUT2D eigenvalue weighted by molar-refractivity contribution is 5.99. The molecular formula is C15H22N2O3. The van der Waals surface area contributed by atoms with Gasteiger partial charge < -0.3 is 20.4 Å². The van der Waals surface area contributed by atoms with Crippen molar-refractivity contribution >= 4 is 5.84 Å². The number of ether oxygens (including phenoxy) is 2. The summed E-state index contributed by atoms with van der Waals surface area (Å²) in [5.74, 6) is 0.631. The number of benzene rings is 1. The molecule has 0 bridgehead atoms. The second-order valence-electron chi connectivity index (χ2n) is 5.09. The molecule has 0 unspecified atom stereocenters. The average Bonchev–Trinajstić information content (AvgIpc) is 2.52. The summed E-state index contributed by atoms with van der Waals surface area (Å²) in [7, 11) is 1.56. The molecule has 0 heterocycles. The summed E-state index contributed by atoms with van der Waals surface area (Å²) in [5.41, 5.74) is 7.21. The van der Waals surface area contributed by atoms with Crippen LogP contribution in [0, 0.1) is 0 Å². The zero-order chi connectivity index (χ0) is 14.4. The first-order valence-electron chi connectivity index (χ1n) is 7.01. The van der Waals surface area contributed by atoms with E-state index in [2.05, 4.69) is 5.16 Å². The quantitative estimate of drug-likeness (QED) is 0.376. The van der Waals surface area contributed by atoms with Crippen molar-refractivity contribution in [3.8, 4) is 5.75 Å². The van der Waals surface area contributed by atoms with Crippen LogP contribution >= 0.6 is 0 Å². The molecule has 2 rings (SSSR count). The summed E-state index contributed by atoms with van der Waals surface area (Å²) in [5, 5.41) is 11.7. The van der Waals surface area contributed by atoms with Crippen LogP contribution in [0.1, 0.15) is 43.2 Å². The van der Waals surface area contributed by atoms with Gasteiger partial charge in [0.15, 0.2) is 5.84 Å². The van der Waals surface area contributed by atoms with Crippen molar-refractivity contribution in [2.45, 2.75) is 44.8 Å². The van der Waals surface area contributed by atoms with Crippen LogP contribution < -0.4 is 10.5 Å². The molecule has 1 aliphatic carbocycles. The normalized spacial score (nSPS) is 17.1. The Morgan fingerprint density at radius 2 is 2.10 bits per heavy atom.